The summed E-state index contributed by atoms with van der Waals surface area (Å²) in [5, 5.41) is 0.735. The highest BCUT2D eigenvalue weighted by atomic mass is 35.5. The summed E-state index contributed by atoms with van der Waals surface area (Å²) in [7, 11) is 0. The van der Waals surface area contributed by atoms with E-state index < -0.39 is 0 Å². The van der Waals surface area contributed by atoms with Crippen LogP contribution in [0.2, 0.25) is 5.02 Å². The van der Waals surface area contributed by atoms with Crippen LogP contribution < -0.4 is 0 Å². The second-order valence-corrected chi connectivity index (χ2v) is 4.39. The highest BCUT2D eigenvalue weighted by Gasteiger charge is 1.98. The van der Waals surface area contributed by atoms with Crippen molar-refractivity contribution in [2.24, 2.45) is 0 Å². The number of rotatable bonds is 0. The van der Waals surface area contributed by atoms with E-state index in [9.17, 15) is 0 Å². The minimum Gasteiger partial charge on any atom is -0.243 e. The summed E-state index contributed by atoms with van der Waals surface area (Å²) in [4.78, 5) is 4.10. The Kier molecular flexibility index (Phi) is 3.91. The lowest BCUT2D eigenvalue weighted by atomic mass is 10.3. The Labute approximate surface area is 103 Å². The fourth-order valence-corrected chi connectivity index (χ4v) is 2.22. The Balaban J connectivity index is 0.000000138. The van der Waals surface area contributed by atoms with Gasteiger partial charge in [-0.1, -0.05) is 54.1 Å². The maximum absolute atomic E-state index is 5.84. The zero-order valence-electron chi connectivity index (χ0n) is 8.51. The molecule has 2 aromatic carbocycles. The van der Waals surface area contributed by atoms with Gasteiger partial charge in [0.05, 0.1) is 20.7 Å². The predicted octanol–water partition coefficient (Wildman–Crippen LogP) is 4.64. The first-order chi connectivity index (χ1) is 7.88. The van der Waals surface area contributed by atoms with Crippen molar-refractivity contribution in [3.8, 4) is 0 Å². The molecule has 3 rings (SSSR count). The van der Waals surface area contributed by atoms with Gasteiger partial charge in [-0.05, 0) is 12.1 Å². The van der Waals surface area contributed by atoms with Gasteiger partial charge < -0.3 is 0 Å². The first kappa shape index (κ1) is 11.1. The van der Waals surface area contributed by atoms with E-state index in [1.807, 2.05) is 54.6 Å². The van der Waals surface area contributed by atoms with Crippen LogP contribution in [0.5, 0.6) is 0 Å². The van der Waals surface area contributed by atoms with Gasteiger partial charge in [0.15, 0.2) is 0 Å². The molecule has 0 bridgehead atoms. The fraction of sp³-hybridized carbons (Fsp3) is 0. The number of halogens is 1. The molecule has 0 fully saturated rings. The quantitative estimate of drug-likeness (QED) is 0.564. The van der Waals surface area contributed by atoms with Gasteiger partial charge in [-0.3, -0.25) is 0 Å². The van der Waals surface area contributed by atoms with Crippen LogP contribution >= 0.6 is 22.9 Å². The standard InChI is InChI=1S/C7H4ClNS.C6H6/c8-5-2-1-3-6-7(5)9-4-10-6;1-2-4-6-5-3-1/h1-4H;1-6H. The van der Waals surface area contributed by atoms with Crippen LogP contribution in [-0.2, 0) is 0 Å². The minimum atomic E-state index is 0.735. The summed E-state index contributed by atoms with van der Waals surface area (Å²) in [6, 6.07) is 17.8. The van der Waals surface area contributed by atoms with E-state index in [-0.39, 0.29) is 0 Å². The Bertz CT molecular complexity index is 521. The molecule has 0 saturated carbocycles. The van der Waals surface area contributed by atoms with Crippen LogP contribution in [0.1, 0.15) is 0 Å². The van der Waals surface area contributed by atoms with Crippen LogP contribution in [0.25, 0.3) is 10.2 Å². The number of thiazole rings is 1. The van der Waals surface area contributed by atoms with Crippen LogP contribution in [0, 0.1) is 0 Å². The average molecular weight is 248 g/mol. The summed E-state index contributed by atoms with van der Waals surface area (Å²) in [5.74, 6) is 0. The van der Waals surface area contributed by atoms with Crippen molar-refractivity contribution in [3.63, 3.8) is 0 Å². The maximum atomic E-state index is 5.84. The van der Waals surface area contributed by atoms with Gasteiger partial charge in [-0.15, -0.1) is 11.3 Å². The third kappa shape index (κ3) is 2.81. The second-order valence-electron chi connectivity index (χ2n) is 3.09. The van der Waals surface area contributed by atoms with E-state index in [0.717, 1.165) is 15.2 Å². The van der Waals surface area contributed by atoms with Gasteiger partial charge in [0.1, 0.15) is 0 Å². The molecule has 80 valence electrons. The average Bonchev–Trinajstić information content (AvgIpc) is 2.82. The highest BCUT2D eigenvalue weighted by molar-refractivity contribution is 7.16. The van der Waals surface area contributed by atoms with E-state index >= 15 is 0 Å². The number of para-hydroxylation sites is 1. The van der Waals surface area contributed by atoms with Crippen molar-refractivity contribution in [2.75, 3.05) is 0 Å². The highest BCUT2D eigenvalue weighted by Crippen LogP contribution is 2.24. The molecule has 0 aliphatic carbocycles. The van der Waals surface area contributed by atoms with Crippen LogP contribution in [0.15, 0.2) is 60.1 Å². The lowest BCUT2D eigenvalue weighted by molar-refractivity contribution is 1.50. The molecule has 3 aromatic rings. The van der Waals surface area contributed by atoms with E-state index in [1.54, 1.807) is 16.8 Å². The predicted molar refractivity (Wildman–Crippen MR) is 71.1 cm³/mol. The summed E-state index contributed by atoms with van der Waals surface area (Å²) in [5.41, 5.74) is 2.71. The minimum absolute atomic E-state index is 0.735. The summed E-state index contributed by atoms with van der Waals surface area (Å²) in [6.07, 6.45) is 0. The van der Waals surface area contributed by atoms with Gasteiger partial charge in [0.25, 0.3) is 0 Å². The molecule has 1 heterocycles. The first-order valence-corrected chi connectivity index (χ1v) is 6.11. The van der Waals surface area contributed by atoms with E-state index in [0.29, 0.717) is 0 Å². The SMILES string of the molecule is Clc1cccc2scnc12.c1ccccc1. The molecular formula is C13H10ClNS. The molecule has 0 aliphatic rings. The molecule has 0 atom stereocenters. The maximum Gasteiger partial charge on any atom is 0.0998 e. The molecule has 3 heteroatoms. The lowest BCUT2D eigenvalue weighted by Crippen LogP contribution is -1.66. The molecule has 0 radical (unpaired) electrons. The van der Waals surface area contributed by atoms with Gasteiger partial charge >= 0.3 is 0 Å². The molecule has 0 saturated heterocycles. The zero-order valence-corrected chi connectivity index (χ0v) is 10.1. The van der Waals surface area contributed by atoms with Crippen LogP contribution in [0.4, 0.5) is 0 Å². The number of aromatic nitrogens is 1. The molecule has 16 heavy (non-hydrogen) atoms. The van der Waals surface area contributed by atoms with Gasteiger partial charge in [-0.2, -0.15) is 0 Å². The molecule has 0 N–H and O–H groups in total. The number of fused-ring (bicyclic) bond motifs is 1. The number of nitrogens with zero attached hydrogens (tertiary/aromatic N) is 1. The van der Waals surface area contributed by atoms with Crippen molar-refractivity contribution < 1.29 is 0 Å². The van der Waals surface area contributed by atoms with Gasteiger partial charge in [0.2, 0.25) is 0 Å². The van der Waals surface area contributed by atoms with Crippen molar-refractivity contribution in [2.45, 2.75) is 0 Å². The number of hydrogen-bond donors (Lipinski definition) is 0. The topological polar surface area (TPSA) is 12.9 Å². The molecular weight excluding hydrogens is 238 g/mol. The van der Waals surface area contributed by atoms with Crippen molar-refractivity contribution >= 4 is 33.2 Å². The Morgan fingerprint density at radius 3 is 2.06 bits per heavy atom. The molecule has 0 amide bonds. The van der Waals surface area contributed by atoms with E-state index in [4.69, 9.17) is 11.6 Å². The summed E-state index contributed by atoms with van der Waals surface area (Å²) in [6.45, 7) is 0. The van der Waals surface area contributed by atoms with Crippen LogP contribution in [-0.4, -0.2) is 4.98 Å². The summed E-state index contributed by atoms with van der Waals surface area (Å²) >= 11 is 7.45. The van der Waals surface area contributed by atoms with Gasteiger partial charge in [-0.25, -0.2) is 4.98 Å². The molecule has 0 aliphatic heterocycles. The van der Waals surface area contributed by atoms with Crippen molar-refractivity contribution in [3.05, 3.63) is 65.1 Å². The normalized spacial score (nSPS) is 9.56. The smallest absolute Gasteiger partial charge is 0.0998 e. The summed E-state index contributed by atoms with van der Waals surface area (Å²) < 4.78 is 1.15. The monoisotopic (exact) mass is 247 g/mol. The third-order valence-corrected chi connectivity index (χ3v) is 3.08. The number of hydrogen-bond acceptors (Lipinski definition) is 2. The van der Waals surface area contributed by atoms with Crippen LogP contribution in [0.3, 0.4) is 0 Å². The lowest BCUT2D eigenvalue weighted by Gasteiger charge is -1.87. The molecule has 1 nitrogen and oxygen atoms in total. The van der Waals surface area contributed by atoms with E-state index in [1.165, 1.54) is 0 Å². The Morgan fingerprint density at radius 2 is 1.50 bits per heavy atom. The second kappa shape index (κ2) is 5.64. The molecule has 0 unspecified atom stereocenters. The third-order valence-electron chi connectivity index (χ3n) is 1.98. The Hall–Kier alpha value is -1.38. The largest absolute Gasteiger partial charge is 0.243 e. The van der Waals surface area contributed by atoms with Crippen molar-refractivity contribution in [1.29, 1.82) is 0 Å². The fourth-order valence-electron chi connectivity index (χ4n) is 1.24. The molecule has 1 aromatic heterocycles. The first-order valence-electron chi connectivity index (χ1n) is 4.85. The number of benzene rings is 2. The van der Waals surface area contributed by atoms with E-state index in [2.05, 4.69) is 4.98 Å². The zero-order chi connectivity index (χ0) is 11.2. The van der Waals surface area contributed by atoms with Crippen molar-refractivity contribution in [1.82, 2.24) is 4.98 Å². The molecule has 0 spiro atoms. The Morgan fingerprint density at radius 1 is 0.875 bits per heavy atom. The van der Waals surface area contributed by atoms with Gasteiger partial charge in [0, 0.05) is 0 Å².